The number of amides is 3. The molecule has 4 rings (SSSR count). The highest BCUT2D eigenvalue weighted by molar-refractivity contribution is 5.95. The van der Waals surface area contributed by atoms with Crippen LogP contribution in [0.4, 0.5) is 10.5 Å². The van der Waals surface area contributed by atoms with Gasteiger partial charge in [0.2, 0.25) is 0 Å². The Morgan fingerprint density at radius 3 is 2.74 bits per heavy atom. The largest absolute Gasteiger partial charge is 0.497 e. The van der Waals surface area contributed by atoms with Crippen LogP contribution in [0.15, 0.2) is 65.6 Å². The normalized spacial score (nSPS) is 16.6. The molecule has 0 unspecified atom stereocenters. The first kappa shape index (κ1) is 27.8. The quantitative estimate of drug-likeness (QED) is 0.222. The van der Waals surface area contributed by atoms with Crippen molar-refractivity contribution in [2.24, 2.45) is 10.7 Å². The van der Waals surface area contributed by atoms with Gasteiger partial charge in [0.15, 0.2) is 0 Å². The lowest BCUT2D eigenvalue weighted by Crippen LogP contribution is -2.48. The van der Waals surface area contributed by atoms with Crippen LogP contribution < -0.4 is 15.8 Å². The number of piperidine rings is 1. The zero-order valence-corrected chi connectivity index (χ0v) is 23.1. The number of aryl methyl sites for hydroxylation is 1. The van der Waals surface area contributed by atoms with E-state index in [9.17, 15) is 9.59 Å². The number of fused-ring (bicyclic) bond motifs is 1. The van der Waals surface area contributed by atoms with E-state index in [0.29, 0.717) is 37.6 Å². The monoisotopic (exact) mass is 533 g/mol. The number of nitrogens with two attached hydrogens (primary N) is 1. The summed E-state index contributed by atoms with van der Waals surface area (Å²) in [6.45, 7) is 9.42. The molecule has 0 aliphatic carbocycles. The first-order valence-corrected chi connectivity index (χ1v) is 13.4. The summed E-state index contributed by atoms with van der Waals surface area (Å²) in [5, 5.41) is 3.06. The second-order valence-electron chi connectivity index (χ2n) is 9.87. The molecule has 2 aromatic rings. The summed E-state index contributed by atoms with van der Waals surface area (Å²) in [6, 6.07) is 9.76. The SMILES string of the molecule is C=C(/C=C(\N=C/N)N1CCC(N2CCc3cc(OC)ccc3NC2=O)CC1)C(=O)N(C)Cc1cccn1CC. The molecule has 3 N–H and O–H groups in total. The number of nitrogens with zero attached hydrogens (tertiary/aromatic N) is 5. The maximum atomic E-state index is 13.1. The summed E-state index contributed by atoms with van der Waals surface area (Å²) in [5.74, 6) is 1.21. The summed E-state index contributed by atoms with van der Waals surface area (Å²) < 4.78 is 7.45. The fourth-order valence-corrected chi connectivity index (χ4v) is 5.28. The third-order valence-corrected chi connectivity index (χ3v) is 7.46. The number of likely N-dealkylation sites (tertiary alicyclic amines) is 1. The summed E-state index contributed by atoms with van der Waals surface area (Å²) in [5.41, 5.74) is 8.96. The van der Waals surface area contributed by atoms with Gasteiger partial charge in [0, 0.05) is 62.4 Å². The number of ether oxygens (including phenoxy) is 1. The van der Waals surface area contributed by atoms with E-state index < -0.39 is 0 Å². The zero-order chi connectivity index (χ0) is 27.9. The van der Waals surface area contributed by atoms with Gasteiger partial charge in [-0.3, -0.25) is 4.79 Å². The molecule has 10 nitrogen and oxygen atoms in total. The Kier molecular flexibility index (Phi) is 8.96. The van der Waals surface area contributed by atoms with Crippen LogP contribution in [0.5, 0.6) is 5.75 Å². The lowest BCUT2D eigenvalue weighted by atomic mass is 10.0. The molecule has 1 saturated heterocycles. The molecule has 3 amide bonds. The number of hydrogen-bond donors (Lipinski definition) is 2. The number of carbonyl (C=O) groups is 2. The average Bonchev–Trinajstić information content (AvgIpc) is 3.33. The van der Waals surface area contributed by atoms with Crippen LogP contribution in [0.2, 0.25) is 0 Å². The Balaban J connectivity index is 1.37. The third-order valence-electron chi connectivity index (χ3n) is 7.46. The van der Waals surface area contributed by atoms with Crippen molar-refractivity contribution in [3.05, 3.63) is 71.8 Å². The Morgan fingerprint density at radius 1 is 1.28 bits per heavy atom. The number of carbonyl (C=O) groups excluding carboxylic acids is 2. The number of methoxy groups -OCH3 is 1. The smallest absolute Gasteiger partial charge is 0.322 e. The van der Waals surface area contributed by atoms with Gasteiger partial charge in [-0.05, 0) is 68.2 Å². The highest BCUT2D eigenvalue weighted by Gasteiger charge is 2.31. The number of aliphatic imine (C=N–C) groups is 1. The molecule has 39 heavy (non-hydrogen) atoms. The van der Waals surface area contributed by atoms with Crippen molar-refractivity contribution in [2.45, 2.75) is 45.3 Å². The fraction of sp³-hybridized carbons (Fsp3) is 0.414. The van der Waals surface area contributed by atoms with Gasteiger partial charge < -0.3 is 35.1 Å². The number of anilines is 1. The molecule has 0 saturated carbocycles. The molecule has 1 aromatic carbocycles. The number of hydrogen-bond acceptors (Lipinski definition) is 5. The zero-order valence-electron chi connectivity index (χ0n) is 23.1. The minimum Gasteiger partial charge on any atom is -0.497 e. The van der Waals surface area contributed by atoms with Gasteiger partial charge in [0.05, 0.1) is 20.0 Å². The van der Waals surface area contributed by atoms with Crippen LogP contribution in [0.25, 0.3) is 0 Å². The average molecular weight is 534 g/mol. The molecule has 0 atom stereocenters. The van der Waals surface area contributed by atoms with E-state index in [1.54, 1.807) is 25.1 Å². The number of nitrogens with one attached hydrogen (secondary N) is 1. The maximum Gasteiger partial charge on any atom is 0.322 e. The van der Waals surface area contributed by atoms with Crippen molar-refractivity contribution >= 4 is 24.0 Å². The predicted molar refractivity (Wildman–Crippen MR) is 154 cm³/mol. The van der Waals surface area contributed by atoms with Gasteiger partial charge in [0.25, 0.3) is 5.91 Å². The van der Waals surface area contributed by atoms with Gasteiger partial charge in [0.1, 0.15) is 11.6 Å². The second-order valence-corrected chi connectivity index (χ2v) is 9.87. The molecule has 0 radical (unpaired) electrons. The standard InChI is InChI=1S/C29H39N7O3/c1-5-34-13-6-7-24(34)19-33(3)28(37)21(2)17-27(31-20-30)35-14-11-23(12-15-35)36-16-10-22-18-25(39-4)8-9-26(22)32-29(36)38/h6-9,13,17-18,20,23H,2,5,10-12,14-16,19H2,1,3-4H3,(H2,30,31)(H,32,38)/b27-17+. The molecule has 1 fully saturated rings. The maximum absolute atomic E-state index is 13.1. The van der Waals surface area contributed by atoms with Gasteiger partial charge in [-0.1, -0.05) is 6.58 Å². The van der Waals surface area contributed by atoms with E-state index in [0.717, 1.165) is 48.5 Å². The van der Waals surface area contributed by atoms with Gasteiger partial charge in [-0.2, -0.15) is 0 Å². The number of rotatable bonds is 9. The summed E-state index contributed by atoms with van der Waals surface area (Å²) in [4.78, 5) is 36.1. The van der Waals surface area contributed by atoms with Crippen LogP contribution >= 0.6 is 0 Å². The number of likely N-dealkylation sites (N-methyl/N-ethyl adjacent to an activating group) is 1. The summed E-state index contributed by atoms with van der Waals surface area (Å²) in [6.07, 6.45) is 7.25. The molecule has 0 bridgehead atoms. The van der Waals surface area contributed by atoms with E-state index in [4.69, 9.17) is 10.5 Å². The van der Waals surface area contributed by atoms with Gasteiger partial charge in [-0.15, -0.1) is 0 Å². The van der Waals surface area contributed by atoms with Gasteiger partial charge >= 0.3 is 6.03 Å². The van der Waals surface area contributed by atoms with Crippen LogP contribution in [0, 0.1) is 0 Å². The Hall–Kier alpha value is -4.21. The van der Waals surface area contributed by atoms with Crippen LogP contribution in [-0.2, 0) is 24.3 Å². The number of aromatic nitrogens is 1. The number of benzene rings is 1. The molecule has 3 heterocycles. The predicted octanol–water partition coefficient (Wildman–Crippen LogP) is 3.41. The van der Waals surface area contributed by atoms with E-state index in [1.165, 1.54) is 6.34 Å². The summed E-state index contributed by atoms with van der Waals surface area (Å²) in [7, 11) is 3.41. The minimum absolute atomic E-state index is 0.0793. The lowest BCUT2D eigenvalue weighted by molar-refractivity contribution is -0.126. The van der Waals surface area contributed by atoms with Crippen molar-refractivity contribution in [2.75, 3.05) is 39.1 Å². The van der Waals surface area contributed by atoms with E-state index in [1.807, 2.05) is 41.4 Å². The van der Waals surface area contributed by atoms with Crippen LogP contribution in [-0.4, -0.2) is 77.4 Å². The van der Waals surface area contributed by atoms with Gasteiger partial charge in [-0.25, -0.2) is 9.79 Å². The number of urea groups is 1. The van der Waals surface area contributed by atoms with E-state index in [-0.39, 0.29) is 18.0 Å². The van der Waals surface area contributed by atoms with Crippen molar-refractivity contribution in [1.82, 2.24) is 19.3 Å². The molecule has 2 aliphatic rings. The molecule has 1 aromatic heterocycles. The first-order chi connectivity index (χ1) is 18.8. The lowest BCUT2D eigenvalue weighted by Gasteiger charge is -2.38. The Morgan fingerprint density at radius 2 is 2.05 bits per heavy atom. The highest BCUT2D eigenvalue weighted by atomic mass is 16.5. The Bertz CT molecular complexity index is 1260. The van der Waals surface area contributed by atoms with Crippen molar-refractivity contribution in [3.8, 4) is 5.75 Å². The van der Waals surface area contributed by atoms with Crippen molar-refractivity contribution < 1.29 is 14.3 Å². The van der Waals surface area contributed by atoms with E-state index >= 15 is 0 Å². The minimum atomic E-state index is -0.170. The second kappa shape index (κ2) is 12.6. The van der Waals surface area contributed by atoms with E-state index in [2.05, 4.69) is 33.3 Å². The van der Waals surface area contributed by atoms with Crippen LogP contribution in [0.3, 0.4) is 0 Å². The molecular weight excluding hydrogens is 494 g/mol. The first-order valence-electron chi connectivity index (χ1n) is 13.4. The molecule has 2 aliphatic heterocycles. The van der Waals surface area contributed by atoms with Crippen LogP contribution in [0.1, 0.15) is 31.0 Å². The van der Waals surface area contributed by atoms with Crippen molar-refractivity contribution in [3.63, 3.8) is 0 Å². The molecule has 10 heteroatoms. The fourth-order valence-electron chi connectivity index (χ4n) is 5.28. The molecule has 0 spiro atoms. The topological polar surface area (TPSA) is 108 Å². The Labute approximate surface area is 230 Å². The molecular formula is C29H39N7O3. The molecule has 208 valence electrons. The third kappa shape index (κ3) is 6.45. The van der Waals surface area contributed by atoms with Crippen molar-refractivity contribution in [1.29, 1.82) is 0 Å². The summed E-state index contributed by atoms with van der Waals surface area (Å²) >= 11 is 0. The highest BCUT2D eigenvalue weighted by Crippen LogP contribution is 2.28.